The van der Waals surface area contributed by atoms with Crippen LogP contribution in [0.3, 0.4) is 0 Å². The maximum atomic E-state index is 12.1. The number of ether oxygens (including phenoxy) is 1. The summed E-state index contributed by atoms with van der Waals surface area (Å²) in [5.74, 6) is 0.328. The van der Waals surface area contributed by atoms with Gasteiger partial charge >= 0.3 is 0 Å². The van der Waals surface area contributed by atoms with Crippen molar-refractivity contribution < 1.29 is 14.3 Å². The van der Waals surface area contributed by atoms with Crippen LogP contribution in [0.2, 0.25) is 0 Å². The minimum atomic E-state index is -0.331. The number of nitrogens with zero attached hydrogens (tertiary/aromatic N) is 2. The fourth-order valence-corrected chi connectivity index (χ4v) is 2.41. The number of amides is 2. The minimum absolute atomic E-state index is 0.0352. The normalized spacial score (nSPS) is 17.1. The number of aryl methyl sites for hydroxylation is 1. The van der Waals surface area contributed by atoms with E-state index in [-0.39, 0.29) is 24.5 Å². The summed E-state index contributed by atoms with van der Waals surface area (Å²) in [5.41, 5.74) is 6.45. The van der Waals surface area contributed by atoms with Crippen LogP contribution in [0.4, 0.5) is 0 Å². The zero-order valence-corrected chi connectivity index (χ0v) is 13.1. The molecule has 0 saturated carbocycles. The summed E-state index contributed by atoms with van der Waals surface area (Å²) >= 11 is 0. The molecule has 1 unspecified atom stereocenters. The maximum Gasteiger partial charge on any atom is 0.260 e. The number of hydrogen-bond donors (Lipinski definition) is 1. The Hall–Kier alpha value is -2.08. The quantitative estimate of drug-likeness (QED) is 0.854. The van der Waals surface area contributed by atoms with Crippen LogP contribution in [0.5, 0.6) is 5.75 Å². The summed E-state index contributed by atoms with van der Waals surface area (Å²) in [6.45, 7) is 6.32. The molecule has 2 N–H and O–H groups in total. The van der Waals surface area contributed by atoms with E-state index in [4.69, 9.17) is 10.5 Å². The van der Waals surface area contributed by atoms with E-state index in [0.717, 1.165) is 5.56 Å². The van der Waals surface area contributed by atoms with Gasteiger partial charge in [0.2, 0.25) is 5.91 Å². The average molecular weight is 305 g/mol. The third-order valence-electron chi connectivity index (χ3n) is 4.01. The molecule has 1 fully saturated rings. The number of piperazine rings is 1. The third-order valence-corrected chi connectivity index (χ3v) is 4.01. The summed E-state index contributed by atoms with van der Waals surface area (Å²) in [6.07, 6.45) is 0. The molecule has 2 amide bonds. The number of rotatable bonds is 5. The van der Waals surface area contributed by atoms with Crippen LogP contribution >= 0.6 is 0 Å². The summed E-state index contributed by atoms with van der Waals surface area (Å²) < 4.78 is 5.51. The molecule has 1 aromatic carbocycles. The van der Waals surface area contributed by atoms with Crippen LogP contribution < -0.4 is 10.5 Å². The van der Waals surface area contributed by atoms with E-state index in [1.54, 1.807) is 11.8 Å². The highest BCUT2D eigenvalue weighted by Gasteiger charge is 2.26. The predicted octanol–water partition coefficient (Wildman–Crippen LogP) is 0.392. The number of carbonyl (C=O) groups is 2. The van der Waals surface area contributed by atoms with Gasteiger partial charge in [0.15, 0.2) is 6.61 Å². The summed E-state index contributed by atoms with van der Waals surface area (Å²) in [7, 11) is 0. The highest BCUT2D eigenvalue weighted by atomic mass is 16.5. The molecule has 6 heteroatoms. The van der Waals surface area contributed by atoms with Gasteiger partial charge in [-0.1, -0.05) is 17.7 Å². The molecule has 1 aliphatic rings. The molecule has 1 saturated heterocycles. The van der Waals surface area contributed by atoms with Crippen LogP contribution in [0.25, 0.3) is 0 Å². The Morgan fingerprint density at radius 3 is 2.32 bits per heavy atom. The van der Waals surface area contributed by atoms with Crippen molar-refractivity contribution in [1.82, 2.24) is 9.80 Å². The van der Waals surface area contributed by atoms with Gasteiger partial charge in [-0.15, -0.1) is 0 Å². The molecule has 0 aromatic heterocycles. The number of benzene rings is 1. The smallest absolute Gasteiger partial charge is 0.260 e. The van der Waals surface area contributed by atoms with Crippen molar-refractivity contribution in [3.8, 4) is 5.75 Å². The van der Waals surface area contributed by atoms with Gasteiger partial charge in [-0.2, -0.15) is 0 Å². The molecule has 1 heterocycles. The highest BCUT2D eigenvalue weighted by molar-refractivity contribution is 5.80. The molecular weight excluding hydrogens is 282 g/mol. The minimum Gasteiger partial charge on any atom is -0.484 e. The largest absolute Gasteiger partial charge is 0.484 e. The molecule has 1 aliphatic heterocycles. The van der Waals surface area contributed by atoms with E-state index >= 15 is 0 Å². The standard InChI is InChI=1S/C16H23N3O3/c1-12-3-5-14(6-4-12)22-11-15(20)19-9-7-18(8-10-19)13(2)16(17)21/h3-6,13H,7-11H2,1-2H3,(H2,17,21). The molecule has 120 valence electrons. The van der Waals surface area contributed by atoms with Gasteiger partial charge in [-0.05, 0) is 26.0 Å². The van der Waals surface area contributed by atoms with Gasteiger partial charge < -0.3 is 15.4 Å². The molecule has 0 radical (unpaired) electrons. The highest BCUT2D eigenvalue weighted by Crippen LogP contribution is 2.12. The average Bonchev–Trinajstić information content (AvgIpc) is 2.53. The second kappa shape index (κ2) is 7.26. The number of hydrogen-bond acceptors (Lipinski definition) is 4. The fraction of sp³-hybridized carbons (Fsp3) is 0.500. The summed E-state index contributed by atoms with van der Waals surface area (Å²) in [4.78, 5) is 27.1. The van der Waals surface area contributed by atoms with Crippen molar-refractivity contribution in [3.05, 3.63) is 29.8 Å². The van der Waals surface area contributed by atoms with Gasteiger partial charge in [0, 0.05) is 26.2 Å². The van der Waals surface area contributed by atoms with Crippen LogP contribution in [0.15, 0.2) is 24.3 Å². The Balaban J connectivity index is 1.77. The number of carbonyl (C=O) groups excluding carboxylic acids is 2. The molecule has 2 rings (SSSR count). The van der Waals surface area contributed by atoms with Crippen LogP contribution in [-0.4, -0.2) is 60.4 Å². The third kappa shape index (κ3) is 4.21. The monoisotopic (exact) mass is 305 g/mol. The Morgan fingerprint density at radius 2 is 1.77 bits per heavy atom. The first-order valence-electron chi connectivity index (χ1n) is 7.48. The first-order valence-corrected chi connectivity index (χ1v) is 7.48. The molecule has 6 nitrogen and oxygen atoms in total. The van der Waals surface area contributed by atoms with E-state index in [9.17, 15) is 9.59 Å². The molecule has 1 atom stereocenters. The molecule has 0 bridgehead atoms. The zero-order chi connectivity index (χ0) is 16.1. The zero-order valence-electron chi connectivity index (χ0n) is 13.1. The van der Waals surface area contributed by atoms with E-state index in [0.29, 0.717) is 31.9 Å². The lowest BCUT2D eigenvalue weighted by Crippen LogP contribution is -2.54. The van der Waals surface area contributed by atoms with Crippen molar-refractivity contribution in [2.24, 2.45) is 5.73 Å². The van der Waals surface area contributed by atoms with Gasteiger partial charge in [0.05, 0.1) is 6.04 Å². The van der Waals surface area contributed by atoms with Gasteiger partial charge in [0.1, 0.15) is 5.75 Å². The van der Waals surface area contributed by atoms with E-state index in [1.165, 1.54) is 0 Å². The Bertz CT molecular complexity index is 522. The SMILES string of the molecule is Cc1ccc(OCC(=O)N2CCN(C(C)C(N)=O)CC2)cc1. The van der Waals surface area contributed by atoms with Crippen molar-refractivity contribution in [2.45, 2.75) is 19.9 Å². The van der Waals surface area contributed by atoms with Gasteiger partial charge in [0.25, 0.3) is 5.91 Å². The maximum absolute atomic E-state index is 12.1. The van der Waals surface area contributed by atoms with Crippen LogP contribution in [0.1, 0.15) is 12.5 Å². The van der Waals surface area contributed by atoms with Crippen molar-refractivity contribution in [1.29, 1.82) is 0 Å². The summed E-state index contributed by atoms with van der Waals surface area (Å²) in [6, 6.07) is 7.32. The molecule has 0 spiro atoms. The second-order valence-corrected chi connectivity index (χ2v) is 5.60. The van der Waals surface area contributed by atoms with E-state index < -0.39 is 0 Å². The first-order chi connectivity index (χ1) is 10.5. The van der Waals surface area contributed by atoms with Gasteiger partial charge in [-0.3, -0.25) is 14.5 Å². The lowest BCUT2D eigenvalue weighted by atomic mass is 10.2. The first kappa shape index (κ1) is 16.3. The Kier molecular flexibility index (Phi) is 5.38. The fourth-order valence-electron chi connectivity index (χ4n) is 2.41. The topological polar surface area (TPSA) is 75.9 Å². The Labute approximate surface area is 130 Å². The molecule has 22 heavy (non-hydrogen) atoms. The number of nitrogens with two attached hydrogens (primary N) is 1. The lowest BCUT2D eigenvalue weighted by molar-refractivity contribution is -0.135. The predicted molar refractivity (Wildman–Crippen MR) is 83.5 cm³/mol. The summed E-state index contributed by atoms with van der Waals surface area (Å²) in [5, 5.41) is 0. The van der Waals surface area contributed by atoms with Crippen molar-refractivity contribution in [3.63, 3.8) is 0 Å². The van der Waals surface area contributed by atoms with Crippen molar-refractivity contribution >= 4 is 11.8 Å². The van der Waals surface area contributed by atoms with Gasteiger partial charge in [-0.25, -0.2) is 0 Å². The molecule has 1 aromatic rings. The van der Waals surface area contributed by atoms with Crippen molar-refractivity contribution in [2.75, 3.05) is 32.8 Å². The Morgan fingerprint density at radius 1 is 1.18 bits per heavy atom. The van der Waals surface area contributed by atoms with Crippen LogP contribution in [-0.2, 0) is 9.59 Å². The molecule has 0 aliphatic carbocycles. The van der Waals surface area contributed by atoms with E-state index in [2.05, 4.69) is 0 Å². The van der Waals surface area contributed by atoms with E-state index in [1.807, 2.05) is 36.1 Å². The second-order valence-electron chi connectivity index (χ2n) is 5.60. The number of primary amides is 1. The lowest BCUT2D eigenvalue weighted by Gasteiger charge is -2.36. The molecular formula is C16H23N3O3. The van der Waals surface area contributed by atoms with Crippen LogP contribution in [0, 0.1) is 6.92 Å².